The fourth-order valence-electron chi connectivity index (χ4n) is 4.56. The molecule has 4 aromatic rings. The van der Waals surface area contributed by atoms with E-state index in [4.69, 9.17) is 41.0 Å². The maximum Gasteiger partial charge on any atom is 0.349 e. The van der Waals surface area contributed by atoms with Gasteiger partial charge in [0.05, 0.1) is 12.5 Å². The van der Waals surface area contributed by atoms with E-state index in [0.717, 1.165) is 0 Å². The molecule has 0 saturated carbocycles. The Morgan fingerprint density at radius 1 is 0.977 bits per heavy atom. The number of halogens is 2. The van der Waals surface area contributed by atoms with E-state index in [-0.39, 0.29) is 36.2 Å². The Morgan fingerprint density at radius 3 is 2.58 bits per heavy atom. The van der Waals surface area contributed by atoms with Crippen LogP contribution in [-0.2, 0) is 11.4 Å². The minimum atomic E-state index is -0.638. The summed E-state index contributed by atoms with van der Waals surface area (Å²) in [5.74, 6) is 0.102. The maximum absolute atomic E-state index is 14.1. The number of allylic oxidation sites excluding steroid dienone is 1. The van der Waals surface area contributed by atoms with Gasteiger partial charge in [-0.15, -0.1) is 0 Å². The Labute approximate surface area is 252 Å². The normalized spacial score (nSPS) is 13.8. The highest BCUT2D eigenvalue weighted by Gasteiger charge is 2.32. The van der Waals surface area contributed by atoms with Gasteiger partial charge in [0.2, 0.25) is 5.88 Å². The van der Waals surface area contributed by atoms with Crippen LogP contribution >= 0.6 is 11.6 Å². The number of hydrogen-bond donors (Lipinski definition) is 1. The van der Waals surface area contributed by atoms with Gasteiger partial charge in [-0.25, -0.2) is 9.18 Å². The molecular weight excluding hydrogens is 575 g/mol. The molecule has 0 radical (unpaired) electrons. The van der Waals surface area contributed by atoms with Gasteiger partial charge in [0.1, 0.15) is 41.3 Å². The standard InChI is InChI=1S/C33H26ClFN2O6/c1-2-39-30-14-20(10-13-28(30)41-18-21-6-3-4-9-27(21)35)32-25-12-11-24(16-29(25)43-33(37)26(32)17-36)42-31(38)19-40-23-8-5-7-22(34)15-23/h3-16,32H,2,18-19,37H2,1H3. The maximum atomic E-state index is 14.1. The molecule has 0 amide bonds. The first kappa shape index (κ1) is 29.3. The number of nitriles is 1. The molecular formula is C33H26ClFN2O6. The number of esters is 1. The molecule has 0 saturated heterocycles. The molecule has 0 aliphatic carbocycles. The summed E-state index contributed by atoms with van der Waals surface area (Å²) in [5, 5.41) is 10.5. The molecule has 0 spiro atoms. The largest absolute Gasteiger partial charge is 0.490 e. The van der Waals surface area contributed by atoms with Crippen LogP contribution in [0.15, 0.2) is 96.4 Å². The number of nitrogens with two attached hydrogens (primary N) is 1. The van der Waals surface area contributed by atoms with Crippen molar-refractivity contribution in [2.75, 3.05) is 13.2 Å². The summed E-state index contributed by atoms with van der Waals surface area (Å²) in [6.45, 7) is 1.85. The number of nitrogens with zero attached hydrogens (tertiary/aromatic N) is 1. The van der Waals surface area contributed by atoms with E-state index in [1.54, 1.807) is 72.8 Å². The molecule has 0 bridgehead atoms. The molecule has 10 heteroatoms. The lowest BCUT2D eigenvalue weighted by Crippen LogP contribution is -2.22. The number of benzene rings is 4. The fraction of sp³-hybridized carbons (Fsp3) is 0.152. The highest BCUT2D eigenvalue weighted by atomic mass is 35.5. The summed E-state index contributed by atoms with van der Waals surface area (Å²) in [6, 6.07) is 25.2. The zero-order valence-corrected chi connectivity index (χ0v) is 23.8. The van der Waals surface area contributed by atoms with Crippen LogP contribution in [0.25, 0.3) is 0 Å². The Hall–Kier alpha value is -5.20. The number of ether oxygens (including phenoxy) is 5. The molecule has 1 atom stereocenters. The van der Waals surface area contributed by atoms with E-state index >= 15 is 0 Å². The Kier molecular flexibility index (Phi) is 8.99. The summed E-state index contributed by atoms with van der Waals surface area (Å²) >= 11 is 5.95. The predicted molar refractivity (Wildman–Crippen MR) is 157 cm³/mol. The van der Waals surface area contributed by atoms with E-state index < -0.39 is 11.9 Å². The number of carbonyl (C=O) groups excluding carboxylic acids is 1. The minimum Gasteiger partial charge on any atom is -0.490 e. The quantitative estimate of drug-likeness (QED) is 0.159. The van der Waals surface area contributed by atoms with Crippen molar-refractivity contribution in [1.29, 1.82) is 5.26 Å². The zero-order chi connectivity index (χ0) is 30.3. The van der Waals surface area contributed by atoms with Gasteiger partial charge in [-0.1, -0.05) is 48.0 Å². The summed E-state index contributed by atoms with van der Waals surface area (Å²) in [4.78, 5) is 12.4. The lowest BCUT2D eigenvalue weighted by Gasteiger charge is -2.27. The molecule has 2 N–H and O–H groups in total. The highest BCUT2D eigenvalue weighted by molar-refractivity contribution is 6.30. The molecule has 0 aromatic heterocycles. The molecule has 0 fully saturated rings. The summed E-state index contributed by atoms with van der Waals surface area (Å²) < 4.78 is 42.5. The van der Waals surface area contributed by atoms with Crippen LogP contribution in [0.5, 0.6) is 28.7 Å². The minimum absolute atomic E-state index is 0.00806. The number of carbonyl (C=O) groups is 1. The highest BCUT2D eigenvalue weighted by Crippen LogP contribution is 2.45. The molecule has 4 aromatic carbocycles. The average molecular weight is 601 g/mol. The molecule has 43 heavy (non-hydrogen) atoms. The van der Waals surface area contributed by atoms with Gasteiger partial charge in [-0.3, -0.25) is 0 Å². The van der Waals surface area contributed by atoms with E-state index in [0.29, 0.717) is 51.3 Å². The van der Waals surface area contributed by atoms with E-state index in [1.165, 1.54) is 12.1 Å². The van der Waals surface area contributed by atoms with Crippen molar-refractivity contribution in [3.05, 3.63) is 124 Å². The van der Waals surface area contributed by atoms with Crippen LogP contribution in [0.1, 0.15) is 29.5 Å². The number of rotatable bonds is 10. The Bertz CT molecular complexity index is 1730. The van der Waals surface area contributed by atoms with Crippen molar-refractivity contribution in [1.82, 2.24) is 0 Å². The first-order chi connectivity index (χ1) is 20.9. The summed E-state index contributed by atoms with van der Waals surface area (Å²) in [6.07, 6.45) is 0. The van der Waals surface area contributed by atoms with Crippen LogP contribution in [0.4, 0.5) is 4.39 Å². The first-order valence-corrected chi connectivity index (χ1v) is 13.7. The lowest BCUT2D eigenvalue weighted by molar-refractivity contribution is -0.136. The lowest BCUT2D eigenvalue weighted by atomic mass is 9.83. The predicted octanol–water partition coefficient (Wildman–Crippen LogP) is 6.66. The SMILES string of the molecule is CCOc1cc(C2C(C#N)=C(N)Oc3cc(OC(=O)COc4cccc(Cl)c4)ccc32)ccc1OCc1ccccc1F. The van der Waals surface area contributed by atoms with Crippen LogP contribution in [0.2, 0.25) is 5.02 Å². The number of fused-ring (bicyclic) bond motifs is 1. The third kappa shape index (κ3) is 6.83. The molecule has 5 rings (SSSR count). The summed E-state index contributed by atoms with van der Waals surface area (Å²) in [5.41, 5.74) is 8.09. The molecule has 1 unspecified atom stereocenters. The second kappa shape index (κ2) is 13.2. The molecule has 218 valence electrons. The van der Waals surface area contributed by atoms with Gasteiger partial charge in [-0.05, 0) is 55.0 Å². The van der Waals surface area contributed by atoms with E-state index in [9.17, 15) is 14.4 Å². The Morgan fingerprint density at radius 2 is 1.81 bits per heavy atom. The Balaban J connectivity index is 1.38. The van der Waals surface area contributed by atoms with E-state index in [2.05, 4.69) is 6.07 Å². The third-order valence-corrected chi connectivity index (χ3v) is 6.75. The molecule has 8 nitrogen and oxygen atoms in total. The van der Waals surface area contributed by atoms with Crippen molar-refractivity contribution < 1.29 is 32.9 Å². The van der Waals surface area contributed by atoms with Crippen LogP contribution < -0.4 is 29.4 Å². The second-order valence-corrected chi connectivity index (χ2v) is 9.80. The van der Waals surface area contributed by atoms with Crippen molar-refractivity contribution in [3.63, 3.8) is 0 Å². The smallest absolute Gasteiger partial charge is 0.349 e. The van der Waals surface area contributed by atoms with Crippen molar-refractivity contribution in [2.45, 2.75) is 19.4 Å². The molecule has 1 heterocycles. The monoisotopic (exact) mass is 600 g/mol. The van der Waals surface area contributed by atoms with Gasteiger partial charge < -0.3 is 29.4 Å². The third-order valence-electron chi connectivity index (χ3n) is 6.52. The van der Waals surface area contributed by atoms with Crippen LogP contribution in [-0.4, -0.2) is 19.2 Å². The van der Waals surface area contributed by atoms with Gasteiger partial charge in [-0.2, -0.15) is 5.26 Å². The van der Waals surface area contributed by atoms with Crippen LogP contribution in [0.3, 0.4) is 0 Å². The molecule has 1 aliphatic heterocycles. The average Bonchev–Trinajstić information content (AvgIpc) is 2.99. The molecule has 1 aliphatic rings. The van der Waals surface area contributed by atoms with Gasteiger partial charge in [0.25, 0.3) is 0 Å². The number of hydrogen-bond acceptors (Lipinski definition) is 8. The van der Waals surface area contributed by atoms with Crippen LogP contribution in [0, 0.1) is 17.1 Å². The fourth-order valence-corrected chi connectivity index (χ4v) is 4.75. The zero-order valence-electron chi connectivity index (χ0n) is 23.0. The first-order valence-electron chi connectivity index (χ1n) is 13.3. The van der Waals surface area contributed by atoms with Crippen molar-refractivity contribution in [2.24, 2.45) is 5.73 Å². The topological polar surface area (TPSA) is 113 Å². The van der Waals surface area contributed by atoms with Crippen molar-refractivity contribution in [3.8, 4) is 34.8 Å². The van der Waals surface area contributed by atoms with Gasteiger partial charge >= 0.3 is 5.97 Å². The second-order valence-electron chi connectivity index (χ2n) is 9.36. The van der Waals surface area contributed by atoms with E-state index in [1.807, 2.05) is 6.92 Å². The van der Waals surface area contributed by atoms with Gasteiger partial charge in [0.15, 0.2) is 18.1 Å². The summed E-state index contributed by atoms with van der Waals surface area (Å²) in [7, 11) is 0. The van der Waals surface area contributed by atoms with Crippen molar-refractivity contribution >= 4 is 17.6 Å². The van der Waals surface area contributed by atoms with Gasteiger partial charge in [0, 0.05) is 22.2 Å².